The number of hydrogen-bond donors (Lipinski definition) is 4. The normalized spacial score (nSPS) is 15.8. The van der Waals surface area contributed by atoms with E-state index >= 15 is 0 Å². The molecule has 10 nitrogen and oxygen atoms in total. The highest BCUT2D eigenvalue weighted by atomic mass is 16.5. The topological polar surface area (TPSA) is 122 Å². The first-order valence-electron chi connectivity index (χ1n) is 9.16. The summed E-state index contributed by atoms with van der Waals surface area (Å²) in [7, 11) is 3.35. The Kier molecular flexibility index (Phi) is 4.90. The minimum absolute atomic E-state index is 0.183. The van der Waals surface area contributed by atoms with Crippen LogP contribution in [0.5, 0.6) is 5.75 Å². The molecule has 4 N–H and O–H groups in total. The number of ether oxygens (including phenoxy) is 1. The summed E-state index contributed by atoms with van der Waals surface area (Å²) in [6, 6.07) is 8.69. The molecule has 0 radical (unpaired) electrons. The number of hydrogen-bond acceptors (Lipinski definition) is 7. The molecule has 150 valence electrons. The fourth-order valence-corrected chi connectivity index (χ4v) is 3.22. The monoisotopic (exact) mass is 395 g/mol. The van der Waals surface area contributed by atoms with Crippen molar-refractivity contribution in [3.63, 3.8) is 0 Å². The van der Waals surface area contributed by atoms with Crippen molar-refractivity contribution in [2.45, 2.75) is 12.5 Å². The Morgan fingerprint density at radius 3 is 2.90 bits per heavy atom. The molecule has 29 heavy (non-hydrogen) atoms. The summed E-state index contributed by atoms with van der Waals surface area (Å²) < 4.78 is 6.91. The second-order valence-electron chi connectivity index (χ2n) is 6.50. The van der Waals surface area contributed by atoms with E-state index in [1.807, 2.05) is 24.3 Å². The standard InChI is InChI=1S/C19H21N7O3/c1-20-16-9-15(23-12-5-3-4-6-14(12)29-2)25-17-11(10-22-26(16)17)18(27)24-13-7-8-21-19(13)28/h3-6,9-10,13,20H,7-8H2,1-2H3,(H,21,28)(H,23,25)(H,24,27)/t13-/m1/s1. The van der Waals surface area contributed by atoms with E-state index < -0.39 is 11.9 Å². The molecule has 0 saturated carbocycles. The Hall–Kier alpha value is -3.82. The van der Waals surface area contributed by atoms with E-state index in [-0.39, 0.29) is 11.5 Å². The second kappa shape index (κ2) is 7.66. The van der Waals surface area contributed by atoms with Crippen LogP contribution in [0.3, 0.4) is 0 Å². The molecule has 1 fully saturated rings. The summed E-state index contributed by atoms with van der Waals surface area (Å²) in [5, 5.41) is 16.0. The van der Waals surface area contributed by atoms with Crippen molar-refractivity contribution >= 4 is 34.8 Å². The van der Waals surface area contributed by atoms with Crippen molar-refractivity contribution in [3.8, 4) is 5.75 Å². The molecule has 3 aromatic rings. The van der Waals surface area contributed by atoms with Crippen LogP contribution < -0.4 is 26.0 Å². The minimum Gasteiger partial charge on any atom is -0.495 e. The molecule has 0 bridgehead atoms. The first-order valence-corrected chi connectivity index (χ1v) is 9.16. The Balaban J connectivity index is 1.69. The molecule has 1 saturated heterocycles. The third-order valence-corrected chi connectivity index (χ3v) is 4.70. The van der Waals surface area contributed by atoms with E-state index in [0.29, 0.717) is 36.0 Å². The van der Waals surface area contributed by atoms with Gasteiger partial charge in [0, 0.05) is 19.7 Å². The molecule has 4 rings (SSSR count). The van der Waals surface area contributed by atoms with Gasteiger partial charge in [-0.25, -0.2) is 4.98 Å². The fourth-order valence-electron chi connectivity index (χ4n) is 3.22. The van der Waals surface area contributed by atoms with E-state index in [4.69, 9.17) is 4.74 Å². The lowest BCUT2D eigenvalue weighted by atomic mass is 10.2. The van der Waals surface area contributed by atoms with Gasteiger partial charge in [-0.05, 0) is 18.6 Å². The van der Waals surface area contributed by atoms with Crippen molar-refractivity contribution in [2.75, 3.05) is 31.3 Å². The summed E-state index contributed by atoms with van der Waals surface area (Å²) in [4.78, 5) is 29.1. The molecule has 1 atom stereocenters. The molecule has 0 spiro atoms. The van der Waals surface area contributed by atoms with Crippen molar-refractivity contribution in [3.05, 3.63) is 42.1 Å². The van der Waals surface area contributed by atoms with Gasteiger partial charge in [-0.15, -0.1) is 0 Å². The first-order chi connectivity index (χ1) is 14.1. The molecule has 0 aliphatic carbocycles. The van der Waals surface area contributed by atoms with Gasteiger partial charge in [0.25, 0.3) is 5.91 Å². The zero-order chi connectivity index (χ0) is 20.4. The summed E-state index contributed by atoms with van der Waals surface area (Å²) >= 11 is 0. The van der Waals surface area contributed by atoms with Crippen LogP contribution in [-0.4, -0.2) is 53.2 Å². The van der Waals surface area contributed by atoms with Gasteiger partial charge in [0.05, 0.1) is 19.0 Å². The molecule has 0 unspecified atom stereocenters. The zero-order valence-corrected chi connectivity index (χ0v) is 16.0. The number of carbonyl (C=O) groups is 2. The lowest BCUT2D eigenvalue weighted by molar-refractivity contribution is -0.120. The number of nitrogens with one attached hydrogen (secondary N) is 4. The third kappa shape index (κ3) is 3.51. The Bertz CT molecular complexity index is 1080. The van der Waals surface area contributed by atoms with Crippen LogP contribution in [0.4, 0.5) is 17.3 Å². The quantitative estimate of drug-likeness (QED) is 0.494. The number of methoxy groups -OCH3 is 1. The van der Waals surface area contributed by atoms with E-state index in [1.54, 1.807) is 20.2 Å². The average molecular weight is 395 g/mol. The van der Waals surface area contributed by atoms with E-state index in [2.05, 4.69) is 31.3 Å². The van der Waals surface area contributed by atoms with Crippen LogP contribution in [0.15, 0.2) is 36.5 Å². The van der Waals surface area contributed by atoms with Crippen LogP contribution in [0.2, 0.25) is 0 Å². The Labute approximate surface area is 166 Å². The molecule has 1 aliphatic heterocycles. The van der Waals surface area contributed by atoms with Crippen LogP contribution in [0, 0.1) is 0 Å². The predicted octanol–water partition coefficient (Wildman–Crippen LogP) is 1.14. The number of nitrogens with zero attached hydrogens (tertiary/aromatic N) is 3. The van der Waals surface area contributed by atoms with Crippen molar-refractivity contribution in [1.29, 1.82) is 0 Å². The van der Waals surface area contributed by atoms with E-state index in [0.717, 1.165) is 5.69 Å². The maximum Gasteiger partial charge on any atom is 0.257 e. The first kappa shape index (κ1) is 18.5. The number of benzene rings is 1. The van der Waals surface area contributed by atoms with Crippen molar-refractivity contribution in [2.24, 2.45) is 0 Å². The molecule has 2 amide bonds. The number of anilines is 3. The molecular formula is C19H21N7O3. The number of aromatic nitrogens is 3. The van der Waals surface area contributed by atoms with Crippen LogP contribution >= 0.6 is 0 Å². The van der Waals surface area contributed by atoms with Gasteiger partial charge in [-0.2, -0.15) is 9.61 Å². The number of fused-ring (bicyclic) bond motifs is 1. The van der Waals surface area contributed by atoms with Gasteiger partial charge in [-0.1, -0.05) is 12.1 Å². The average Bonchev–Trinajstić information content (AvgIpc) is 3.34. The number of para-hydroxylation sites is 2. The smallest absolute Gasteiger partial charge is 0.257 e. The molecular weight excluding hydrogens is 374 g/mol. The Morgan fingerprint density at radius 2 is 2.17 bits per heavy atom. The number of carbonyl (C=O) groups excluding carboxylic acids is 2. The molecule has 2 aromatic heterocycles. The van der Waals surface area contributed by atoms with Crippen molar-refractivity contribution < 1.29 is 14.3 Å². The maximum atomic E-state index is 12.7. The minimum atomic E-state index is -0.545. The van der Waals surface area contributed by atoms with Gasteiger partial charge in [0.1, 0.15) is 29.0 Å². The fraction of sp³-hybridized carbons (Fsp3) is 0.263. The van der Waals surface area contributed by atoms with Gasteiger partial charge in [-0.3, -0.25) is 9.59 Å². The van der Waals surface area contributed by atoms with Gasteiger partial charge >= 0.3 is 0 Å². The molecule has 1 aromatic carbocycles. The molecule has 3 heterocycles. The highest BCUT2D eigenvalue weighted by Crippen LogP contribution is 2.28. The van der Waals surface area contributed by atoms with Gasteiger partial charge in [0.2, 0.25) is 5.91 Å². The van der Waals surface area contributed by atoms with Crippen LogP contribution in [-0.2, 0) is 4.79 Å². The molecule has 1 aliphatic rings. The summed E-state index contributed by atoms with van der Waals surface area (Å²) in [5.74, 6) is 1.24. The van der Waals surface area contributed by atoms with Crippen LogP contribution in [0.25, 0.3) is 5.65 Å². The van der Waals surface area contributed by atoms with E-state index in [9.17, 15) is 9.59 Å². The highest BCUT2D eigenvalue weighted by Gasteiger charge is 2.27. The largest absolute Gasteiger partial charge is 0.495 e. The summed E-state index contributed by atoms with van der Waals surface area (Å²) in [6.45, 7) is 0.549. The number of rotatable bonds is 6. The second-order valence-corrected chi connectivity index (χ2v) is 6.50. The van der Waals surface area contributed by atoms with E-state index in [1.165, 1.54) is 10.7 Å². The Morgan fingerprint density at radius 1 is 1.34 bits per heavy atom. The zero-order valence-electron chi connectivity index (χ0n) is 16.0. The third-order valence-electron chi connectivity index (χ3n) is 4.70. The molecule has 10 heteroatoms. The van der Waals surface area contributed by atoms with Gasteiger partial charge in [0.15, 0.2) is 5.65 Å². The summed E-state index contributed by atoms with van der Waals surface area (Å²) in [6.07, 6.45) is 2.00. The van der Waals surface area contributed by atoms with Crippen LogP contribution in [0.1, 0.15) is 16.8 Å². The lowest BCUT2D eigenvalue weighted by Crippen LogP contribution is -2.40. The number of amides is 2. The summed E-state index contributed by atoms with van der Waals surface area (Å²) in [5.41, 5.74) is 1.39. The lowest BCUT2D eigenvalue weighted by Gasteiger charge is -2.13. The SMILES string of the molecule is CNc1cc(Nc2ccccc2OC)nc2c(C(=O)N[C@@H]3CCNC3=O)cnn12. The van der Waals surface area contributed by atoms with Crippen molar-refractivity contribution in [1.82, 2.24) is 25.2 Å². The highest BCUT2D eigenvalue weighted by molar-refractivity contribution is 6.02. The predicted molar refractivity (Wildman–Crippen MR) is 108 cm³/mol. The van der Waals surface area contributed by atoms with Gasteiger partial charge < -0.3 is 26.0 Å². The maximum absolute atomic E-state index is 12.7.